The van der Waals surface area contributed by atoms with Crippen molar-refractivity contribution >= 4 is 104 Å². The normalized spacial score (nSPS) is 23.7. The van der Waals surface area contributed by atoms with E-state index in [2.05, 4.69) is 83.7 Å². The van der Waals surface area contributed by atoms with Crippen molar-refractivity contribution in [3.63, 3.8) is 0 Å². The molecule has 40 heavy (non-hydrogen) atoms. The molecule has 3 rings (SSSR count). The Morgan fingerprint density at radius 2 is 1.02 bits per heavy atom. The fourth-order valence-corrected chi connectivity index (χ4v) is 17.2. The summed E-state index contributed by atoms with van der Waals surface area (Å²) in [4.78, 5) is 22.8. The van der Waals surface area contributed by atoms with Crippen molar-refractivity contribution < 1.29 is 9.59 Å². The van der Waals surface area contributed by atoms with Gasteiger partial charge in [-0.1, -0.05) is 49.5 Å². The highest BCUT2D eigenvalue weighted by Crippen LogP contribution is 2.51. The summed E-state index contributed by atoms with van der Waals surface area (Å²) in [6.07, 6.45) is 15.9. The zero-order valence-electron chi connectivity index (χ0n) is 23.9. The molecule has 2 aliphatic heterocycles. The Balaban J connectivity index is 1.26. The van der Waals surface area contributed by atoms with E-state index < -0.39 is 0 Å². The van der Waals surface area contributed by atoms with E-state index in [-0.39, 0.29) is 10.2 Å². The van der Waals surface area contributed by atoms with Crippen LogP contribution in [0.15, 0.2) is 25.3 Å². The lowest BCUT2D eigenvalue weighted by Crippen LogP contribution is -2.24. The third-order valence-electron chi connectivity index (χ3n) is 7.67. The van der Waals surface area contributed by atoms with Gasteiger partial charge in [-0.15, -0.1) is 47.0 Å². The summed E-state index contributed by atoms with van der Waals surface area (Å²) in [7, 11) is 0. The highest BCUT2D eigenvalue weighted by atomic mass is 32.2. The molecule has 0 amide bonds. The van der Waals surface area contributed by atoms with Crippen LogP contribution in [-0.2, 0) is 9.59 Å². The van der Waals surface area contributed by atoms with Gasteiger partial charge in [-0.05, 0) is 86.9 Å². The molecule has 0 unspecified atom stereocenters. The van der Waals surface area contributed by atoms with Crippen LogP contribution in [0.25, 0.3) is 0 Å². The van der Waals surface area contributed by atoms with E-state index in [4.69, 9.17) is 0 Å². The minimum absolute atomic E-state index is 0.111. The quantitative estimate of drug-likeness (QED) is 0.0907. The van der Waals surface area contributed by atoms with Crippen LogP contribution in [0.2, 0.25) is 0 Å². The number of rotatable bonds is 20. The van der Waals surface area contributed by atoms with Crippen LogP contribution in [0.3, 0.4) is 0 Å². The predicted octanol–water partition coefficient (Wildman–Crippen LogP) is 9.84. The maximum absolute atomic E-state index is 11.4. The van der Waals surface area contributed by atoms with Crippen LogP contribution in [0.1, 0.15) is 64.2 Å². The topological polar surface area (TPSA) is 34.1 Å². The van der Waals surface area contributed by atoms with Gasteiger partial charge >= 0.3 is 0 Å². The lowest BCUT2D eigenvalue weighted by molar-refractivity contribution is -0.107. The highest BCUT2D eigenvalue weighted by molar-refractivity contribution is 8.22. The number of hydrogen-bond donors (Lipinski definition) is 0. The molecule has 2 saturated heterocycles. The fourth-order valence-electron chi connectivity index (χ4n) is 5.38. The molecule has 0 atom stereocenters. The van der Waals surface area contributed by atoms with Gasteiger partial charge < -0.3 is 0 Å². The van der Waals surface area contributed by atoms with Crippen LogP contribution in [0.5, 0.6) is 0 Å². The SMILES string of the molecule is C=CC(=O)SCCCCC1(CSCC2CCC(CSCC3(CCCCSC(=O)C=C)SCCS3)CC2)SCCS1. The van der Waals surface area contributed by atoms with E-state index in [9.17, 15) is 9.59 Å². The monoisotopic (exact) mass is 696 g/mol. The average Bonchev–Trinajstić information content (AvgIpc) is 3.64. The first-order valence-corrected chi connectivity index (χ1v) is 23.0. The van der Waals surface area contributed by atoms with Crippen molar-refractivity contribution in [2.45, 2.75) is 72.4 Å². The Bertz CT molecular complexity index is 708. The summed E-state index contributed by atoms with van der Waals surface area (Å²) in [5.41, 5.74) is 0. The molecule has 1 saturated carbocycles. The molecular weight excluding hydrogens is 649 g/mol. The number of hydrogen-bond acceptors (Lipinski definition) is 10. The standard InChI is InChI=1S/C30H48O2S8/c1-3-27(31)35-15-7-5-13-29(37-17-18-38-29)23-33-21-25-9-11-26(12-10-25)22-34-24-30(39-19-20-40-30)14-6-8-16-36-28(32)4-2/h3-4,25-26H,1-2,5-24H2. The average molecular weight is 697 g/mol. The second-order valence-electron chi connectivity index (χ2n) is 10.8. The summed E-state index contributed by atoms with van der Waals surface area (Å²) in [6, 6.07) is 0. The van der Waals surface area contributed by atoms with E-state index in [1.165, 1.54) is 133 Å². The van der Waals surface area contributed by atoms with Crippen LogP contribution >= 0.6 is 94.1 Å². The zero-order valence-corrected chi connectivity index (χ0v) is 30.5. The van der Waals surface area contributed by atoms with Crippen LogP contribution in [-0.4, -0.2) is 75.9 Å². The van der Waals surface area contributed by atoms with Crippen LogP contribution in [0.4, 0.5) is 0 Å². The van der Waals surface area contributed by atoms with Crippen LogP contribution < -0.4 is 0 Å². The molecule has 0 aromatic heterocycles. The molecule has 10 heteroatoms. The lowest BCUT2D eigenvalue weighted by Gasteiger charge is -2.32. The van der Waals surface area contributed by atoms with Gasteiger partial charge in [0.15, 0.2) is 0 Å². The van der Waals surface area contributed by atoms with Crippen molar-refractivity contribution in [1.82, 2.24) is 0 Å². The van der Waals surface area contributed by atoms with Crippen molar-refractivity contribution in [2.75, 3.05) is 57.5 Å². The minimum Gasteiger partial charge on any atom is -0.282 e. The van der Waals surface area contributed by atoms with Gasteiger partial charge in [-0.2, -0.15) is 23.5 Å². The van der Waals surface area contributed by atoms with Gasteiger partial charge in [-0.3, -0.25) is 9.59 Å². The minimum atomic E-state index is 0.111. The molecule has 0 radical (unpaired) electrons. The Morgan fingerprint density at radius 1 is 0.650 bits per heavy atom. The molecular formula is C30H48O2S8. The van der Waals surface area contributed by atoms with Gasteiger partial charge in [0.2, 0.25) is 10.2 Å². The molecule has 2 nitrogen and oxygen atoms in total. The van der Waals surface area contributed by atoms with Crippen molar-refractivity contribution in [2.24, 2.45) is 11.8 Å². The Morgan fingerprint density at radius 3 is 1.38 bits per heavy atom. The van der Waals surface area contributed by atoms with Crippen LogP contribution in [0, 0.1) is 11.8 Å². The van der Waals surface area contributed by atoms with Gasteiger partial charge in [0.1, 0.15) is 0 Å². The van der Waals surface area contributed by atoms with Crippen molar-refractivity contribution in [3.8, 4) is 0 Å². The molecule has 3 fully saturated rings. The van der Waals surface area contributed by atoms with Gasteiger partial charge in [-0.25, -0.2) is 0 Å². The summed E-state index contributed by atoms with van der Waals surface area (Å²) in [5, 5.41) is 0.222. The molecule has 0 aromatic carbocycles. The van der Waals surface area contributed by atoms with E-state index in [0.717, 1.165) is 36.2 Å². The summed E-state index contributed by atoms with van der Waals surface area (Å²) in [5.74, 6) is 14.2. The smallest absolute Gasteiger partial charge is 0.211 e. The predicted molar refractivity (Wildman–Crippen MR) is 198 cm³/mol. The summed E-state index contributed by atoms with van der Waals surface area (Å²) < 4.78 is 0.833. The number of carbonyl (C=O) groups is 2. The maximum atomic E-state index is 11.4. The molecule has 0 N–H and O–H groups in total. The Kier molecular flexibility index (Phi) is 18.6. The Labute approximate surface area is 278 Å². The summed E-state index contributed by atoms with van der Waals surface area (Å²) >= 11 is 16.1. The van der Waals surface area contributed by atoms with Gasteiger partial charge in [0.05, 0.1) is 8.16 Å². The van der Waals surface area contributed by atoms with E-state index in [1.807, 2.05) is 0 Å². The largest absolute Gasteiger partial charge is 0.282 e. The van der Waals surface area contributed by atoms with E-state index >= 15 is 0 Å². The van der Waals surface area contributed by atoms with Gasteiger partial charge in [0, 0.05) is 46.0 Å². The van der Waals surface area contributed by atoms with Crippen molar-refractivity contribution in [1.29, 1.82) is 0 Å². The first-order valence-electron chi connectivity index (χ1n) is 14.8. The second kappa shape index (κ2) is 20.6. The number of thioether (sulfide) groups is 8. The maximum Gasteiger partial charge on any atom is 0.211 e. The van der Waals surface area contributed by atoms with E-state index in [0.29, 0.717) is 8.16 Å². The molecule has 2 heterocycles. The highest BCUT2D eigenvalue weighted by Gasteiger charge is 2.36. The first kappa shape index (κ1) is 36.1. The van der Waals surface area contributed by atoms with E-state index in [1.54, 1.807) is 0 Å². The first-order chi connectivity index (χ1) is 19.5. The zero-order chi connectivity index (χ0) is 28.5. The summed E-state index contributed by atoms with van der Waals surface area (Å²) in [6.45, 7) is 7.13. The molecule has 0 aromatic rings. The molecule has 1 aliphatic carbocycles. The third-order valence-corrected chi connectivity index (χ3v) is 20.2. The third kappa shape index (κ3) is 13.7. The molecule has 228 valence electrons. The Hall–Kier alpha value is 1.62. The number of carbonyl (C=O) groups excluding carboxylic acids is 2. The second-order valence-corrected chi connectivity index (χ2v) is 21.5. The molecule has 0 bridgehead atoms. The molecule has 0 spiro atoms. The molecule has 3 aliphatic rings. The number of unbranched alkanes of at least 4 members (excludes halogenated alkanes) is 2. The van der Waals surface area contributed by atoms with Crippen molar-refractivity contribution in [3.05, 3.63) is 25.3 Å². The fraction of sp³-hybridized carbons (Fsp3) is 0.800. The lowest BCUT2D eigenvalue weighted by atomic mass is 9.84. The van der Waals surface area contributed by atoms with Gasteiger partial charge in [0.25, 0.3) is 0 Å².